The molecule has 0 aromatic carbocycles. The van der Waals surface area contributed by atoms with Gasteiger partial charge in [-0.25, -0.2) is 14.2 Å². The van der Waals surface area contributed by atoms with Gasteiger partial charge in [0.25, 0.3) is 0 Å². The van der Waals surface area contributed by atoms with Gasteiger partial charge in [-0.15, -0.1) is 10.2 Å². The highest BCUT2D eigenvalue weighted by Crippen LogP contribution is 2.12. The molecular weight excluding hydrogens is 258 g/mol. The quantitative estimate of drug-likeness (QED) is 0.560. The Morgan fingerprint density at radius 2 is 2.15 bits per heavy atom. The first-order valence-corrected chi connectivity index (χ1v) is 6.00. The van der Waals surface area contributed by atoms with Crippen molar-refractivity contribution in [3.63, 3.8) is 0 Å². The van der Waals surface area contributed by atoms with Gasteiger partial charge < -0.3 is 4.98 Å². The third-order valence-corrected chi connectivity index (χ3v) is 3.13. The van der Waals surface area contributed by atoms with E-state index in [1.807, 2.05) is 18.2 Å². The van der Waals surface area contributed by atoms with Gasteiger partial charge in [0.2, 0.25) is 0 Å². The predicted molar refractivity (Wildman–Crippen MR) is 70.2 cm³/mol. The van der Waals surface area contributed by atoms with Crippen LogP contribution >= 0.6 is 0 Å². The van der Waals surface area contributed by atoms with Crippen molar-refractivity contribution in [1.82, 2.24) is 34.1 Å². The van der Waals surface area contributed by atoms with Crippen molar-refractivity contribution in [2.75, 3.05) is 0 Å². The van der Waals surface area contributed by atoms with Crippen LogP contribution in [0.2, 0.25) is 0 Å². The van der Waals surface area contributed by atoms with E-state index in [1.165, 1.54) is 17.1 Å². The first kappa shape index (κ1) is 10.9. The summed E-state index contributed by atoms with van der Waals surface area (Å²) in [7, 11) is 0. The van der Waals surface area contributed by atoms with Crippen LogP contribution in [0.15, 0.2) is 41.8 Å². The van der Waals surface area contributed by atoms with Gasteiger partial charge in [0.15, 0.2) is 11.3 Å². The molecule has 0 bridgehead atoms. The summed E-state index contributed by atoms with van der Waals surface area (Å²) in [6.07, 6.45) is 4.62. The van der Waals surface area contributed by atoms with Crippen molar-refractivity contribution in [3.05, 3.63) is 53.2 Å². The number of fused-ring (bicyclic) bond motifs is 3. The van der Waals surface area contributed by atoms with Crippen molar-refractivity contribution in [2.45, 2.75) is 6.54 Å². The average Bonchev–Trinajstić information content (AvgIpc) is 3.12. The maximum Gasteiger partial charge on any atom is 0.337 e. The molecule has 8 heteroatoms. The zero-order valence-electron chi connectivity index (χ0n) is 10.3. The van der Waals surface area contributed by atoms with Crippen LogP contribution < -0.4 is 5.69 Å². The number of aromatic amines is 1. The molecule has 0 saturated heterocycles. The van der Waals surface area contributed by atoms with Gasteiger partial charge in [0.05, 0.1) is 18.6 Å². The monoisotopic (exact) mass is 267 g/mol. The summed E-state index contributed by atoms with van der Waals surface area (Å²) in [4.78, 5) is 23.9. The van der Waals surface area contributed by atoms with Crippen molar-refractivity contribution in [3.8, 4) is 0 Å². The Labute approximate surface area is 111 Å². The molecule has 0 radical (unpaired) electrons. The molecule has 0 aliphatic rings. The molecule has 20 heavy (non-hydrogen) atoms. The second-order valence-corrected chi connectivity index (χ2v) is 4.32. The van der Waals surface area contributed by atoms with Crippen LogP contribution in [0.3, 0.4) is 0 Å². The van der Waals surface area contributed by atoms with Gasteiger partial charge in [-0.2, -0.15) is 0 Å². The van der Waals surface area contributed by atoms with Crippen LogP contribution in [-0.2, 0) is 6.54 Å². The number of hydrogen-bond acceptors (Lipinski definition) is 5. The minimum Gasteiger partial charge on any atom is -0.340 e. The summed E-state index contributed by atoms with van der Waals surface area (Å²) in [5.41, 5.74) is 2.24. The van der Waals surface area contributed by atoms with Gasteiger partial charge in [-0.05, 0) is 12.1 Å². The van der Waals surface area contributed by atoms with Crippen LogP contribution in [0.25, 0.3) is 16.8 Å². The standard InChI is InChI=1S/C12H9N7O/c20-12-18(5-8-3-1-2-4-13-8)10-9(14-6-15-10)11-17-16-7-19(11)12/h1-4,6-7H,5H2,(H,14,15). The number of nitrogens with zero attached hydrogens (tertiary/aromatic N) is 6. The molecule has 0 aliphatic heterocycles. The Morgan fingerprint density at radius 3 is 3.00 bits per heavy atom. The van der Waals surface area contributed by atoms with Crippen LogP contribution in [-0.4, -0.2) is 34.1 Å². The molecule has 0 atom stereocenters. The molecule has 4 aromatic rings. The van der Waals surface area contributed by atoms with E-state index in [0.29, 0.717) is 23.4 Å². The smallest absolute Gasteiger partial charge is 0.337 e. The van der Waals surface area contributed by atoms with E-state index in [-0.39, 0.29) is 5.69 Å². The number of imidazole rings is 1. The second kappa shape index (κ2) is 3.98. The zero-order valence-corrected chi connectivity index (χ0v) is 10.3. The van der Waals surface area contributed by atoms with Crippen molar-refractivity contribution < 1.29 is 0 Å². The summed E-state index contributed by atoms with van der Waals surface area (Å²) in [5, 5.41) is 7.72. The van der Waals surface area contributed by atoms with E-state index in [4.69, 9.17) is 0 Å². The van der Waals surface area contributed by atoms with E-state index in [9.17, 15) is 4.79 Å². The molecule has 0 unspecified atom stereocenters. The van der Waals surface area contributed by atoms with Crippen LogP contribution in [0, 0.1) is 0 Å². The minimum atomic E-state index is -0.241. The van der Waals surface area contributed by atoms with Crippen LogP contribution in [0.4, 0.5) is 0 Å². The Kier molecular flexibility index (Phi) is 2.16. The Bertz CT molecular complexity index is 950. The number of hydrogen-bond donors (Lipinski definition) is 1. The highest BCUT2D eigenvalue weighted by atomic mass is 16.1. The fraction of sp³-hybridized carbons (Fsp3) is 0.0833. The van der Waals surface area contributed by atoms with E-state index >= 15 is 0 Å². The van der Waals surface area contributed by atoms with Crippen molar-refractivity contribution in [2.24, 2.45) is 0 Å². The lowest BCUT2D eigenvalue weighted by molar-refractivity contribution is 0.722. The fourth-order valence-electron chi connectivity index (χ4n) is 2.22. The lowest BCUT2D eigenvalue weighted by Gasteiger charge is -2.06. The molecular formula is C12H9N7O. The average molecular weight is 267 g/mol. The van der Waals surface area contributed by atoms with Crippen LogP contribution in [0.5, 0.6) is 0 Å². The summed E-state index contributed by atoms with van der Waals surface area (Å²) >= 11 is 0. The van der Waals surface area contributed by atoms with Gasteiger partial charge >= 0.3 is 5.69 Å². The Morgan fingerprint density at radius 1 is 1.20 bits per heavy atom. The SMILES string of the molecule is O=c1n(Cc2ccccn2)c2nc[nH]c2c2nncn12. The number of nitrogens with one attached hydrogen (secondary N) is 1. The lowest BCUT2D eigenvalue weighted by Crippen LogP contribution is -2.27. The van der Waals surface area contributed by atoms with E-state index in [1.54, 1.807) is 10.8 Å². The minimum absolute atomic E-state index is 0.241. The predicted octanol–water partition coefficient (Wildman–Crippen LogP) is 0.211. The molecule has 0 spiro atoms. The number of aromatic nitrogens is 7. The Hall–Kier alpha value is -3.03. The fourth-order valence-corrected chi connectivity index (χ4v) is 2.22. The first-order chi connectivity index (χ1) is 9.84. The van der Waals surface area contributed by atoms with Gasteiger partial charge in [0, 0.05) is 6.20 Å². The second-order valence-electron chi connectivity index (χ2n) is 4.32. The molecule has 4 rings (SSSR count). The summed E-state index contributed by atoms with van der Waals surface area (Å²) < 4.78 is 2.94. The maximum absolute atomic E-state index is 12.5. The molecule has 8 nitrogen and oxygen atoms in total. The van der Waals surface area contributed by atoms with Gasteiger partial charge in [0.1, 0.15) is 11.8 Å². The molecule has 0 saturated carbocycles. The topological polar surface area (TPSA) is 93.8 Å². The molecule has 1 N–H and O–H groups in total. The summed E-state index contributed by atoms with van der Waals surface area (Å²) in [6, 6.07) is 5.58. The van der Waals surface area contributed by atoms with E-state index < -0.39 is 0 Å². The van der Waals surface area contributed by atoms with Crippen LogP contribution in [0.1, 0.15) is 5.69 Å². The molecule has 4 heterocycles. The van der Waals surface area contributed by atoms with E-state index in [0.717, 1.165) is 5.69 Å². The first-order valence-electron chi connectivity index (χ1n) is 6.00. The van der Waals surface area contributed by atoms with Gasteiger partial charge in [-0.3, -0.25) is 9.55 Å². The third-order valence-electron chi connectivity index (χ3n) is 3.13. The lowest BCUT2D eigenvalue weighted by atomic mass is 10.3. The largest absolute Gasteiger partial charge is 0.340 e. The Balaban J connectivity index is 2.03. The maximum atomic E-state index is 12.5. The highest BCUT2D eigenvalue weighted by Gasteiger charge is 2.14. The third kappa shape index (κ3) is 1.44. The van der Waals surface area contributed by atoms with Gasteiger partial charge in [-0.1, -0.05) is 6.07 Å². The highest BCUT2D eigenvalue weighted by molar-refractivity contribution is 5.84. The number of H-pyrrole nitrogens is 1. The van der Waals surface area contributed by atoms with Crippen molar-refractivity contribution >= 4 is 16.8 Å². The summed E-state index contributed by atoms with van der Waals surface area (Å²) in [6.45, 7) is 0.342. The summed E-state index contributed by atoms with van der Waals surface area (Å²) in [5.74, 6) is 0. The van der Waals surface area contributed by atoms with Crippen molar-refractivity contribution in [1.29, 1.82) is 0 Å². The molecule has 0 aliphatic carbocycles. The normalized spacial score (nSPS) is 11.4. The molecule has 0 amide bonds. The number of pyridine rings is 1. The molecule has 4 aromatic heterocycles. The molecule has 0 fully saturated rings. The van der Waals surface area contributed by atoms with E-state index in [2.05, 4.69) is 25.1 Å². The molecule has 98 valence electrons. The zero-order chi connectivity index (χ0) is 13.5. The number of rotatable bonds is 2.